The standard InChI is InChI=1S/C25H36BCl2NO/c1-5-6-7-8-9-10-11-23(18-29-4)30-26(21-14-12-19(2)24(27)16-21)22-15-13-20(3)25(28)17-22/h12-17,23,29H,5-11,18H2,1-4H3. The van der Waals surface area contributed by atoms with Crippen molar-refractivity contribution in [3.8, 4) is 0 Å². The molecule has 2 aromatic rings. The summed E-state index contributed by atoms with van der Waals surface area (Å²) in [5.41, 5.74) is 4.27. The summed E-state index contributed by atoms with van der Waals surface area (Å²) in [6.07, 6.45) is 8.89. The van der Waals surface area contributed by atoms with Crippen LogP contribution in [0.4, 0.5) is 0 Å². The van der Waals surface area contributed by atoms with Crippen molar-refractivity contribution in [2.75, 3.05) is 13.6 Å². The molecule has 0 heterocycles. The van der Waals surface area contributed by atoms with Gasteiger partial charge in [-0.25, -0.2) is 0 Å². The van der Waals surface area contributed by atoms with Crippen molar-refractivity contribution in [3.05, 3.63) is 57.6 Å². The summed E-state index contributed by atoms with van der Waals surface area (Å²) >= 11 is 12.9. The van der Waals surface area contributed by atoms with Gasteiger partial charge in [0.2, 0.25) is 0 Å². The largest absolute Gasteiger partial charge is 0.423 e. The third-order valence-corrected chi connectivity index (χ3v) is 6.45. The van der Waals surface area contributed by atoms with Crippen molar-refractivity contribution in [1.82, 2.24) is 5.32 Å². The van der Waals surface area contributed by atoms with Crippen molar-refractivity contribution >= 4 is 41.0 Å². The van der Waals surface area contributed by atoms with E-state index in [2.05, 4.69) is 36.5 Å². The van der Waals surface area contributed by atoms with Crippen molar-refractivity contribution in [2.24, 2.45) is 0 Å². The van der Waals surface area contributed by atoms with Crippen LogP contribution in [0.3, 0.4) is 0 Å². The van der Waals surface area contributed by atoms with E-state index in [1.807, 2.05) is 33.0 Å². The number of likely N-dealkylation sites (N-methyl/N-ethyl adjacent to an activating group) is 1. The Morgan fingerprint density at radius 1 is 0.867 bits per heavy atom. The summed E-state index contributed by atoms with van der Waals surface area (Å²) in [4.78, 5) is 0. The number of halogens is 2. The fraction of sp³-hybridized carbons (Fsp3) is 0.520. The van der Waals surface area contributed by atoms with Crippen LogP contribution >= 0.6 is 23.2 Å². The van der Waals surface area contributed by atoms with E-state index in [1.165, 1.54) is 38.5 Å². The van der Waals surface area contributed by atoms with Gasteiger partial charge in [-0.05, 0) is 61.5 Å². The van der Waals surface area contributed by atoms with Crippen LogP contribution in [0.2, 0.25) is 10.0 Å². The summed E-state index contributed by atoms with van der Waals surface area (Å²) in [5, 5.41) is 4.83. The fourth-order valence-corrected chi connectivity index (χ4v) is 4.06. The third kappa shape index (κ3) is 7.92. The highest BCUT2D eigenvalue weighted by Crippen LogP contribution is 2.17. The number of nitrogens with one attached hydrogen (secondary N) is 1. The van der Waals surface area contributed by atoms with Gasteiger partial charge in [0.25, 0.3) is 0 Å². The molecule has 0 saturated heterocycles. The highest BCUT2D eigenvalue weighted by atomic mass is 35.5. The van der Waals surface area contributed by atoms with Crippen LogP contribution in [-0.2, 0) is 4.65 Å². The molecule has 0 spiro atoms. The van der Waals surface area contributed by atoms with E-state index in [1.54, 1.807) is 0 Å². The zero-order chi connectivity index (χ0) is 21.9. The number of unbranched alkanes of at least 4 members (excludes halogenated alkanes) is 5. The van der Waals surface area contributed by atoms with Gasteiger partial charge in [0, 0.05) is 16.6 Å². The minimum absolute atomic E-state index is 0.131. The lowest BCUT2D eigenvalue weighted by atomic mass is 9.55. The molecule has 0 bridgehead atoms. The molecule has 5 heteroatoms. The Balaban J connectivity index is 2.18. The smallest absolute Gasteiger partial charge is 0.361 e. The van der Waals surface area contributed by atoms with E-state index in [-0.39, 0.29) is 13.0 Å². The molecule has 1 N–H and O–H groups in total. The Hall–Kier alpha value is -0.995. The Labute approximate surface area is 193 Å². The van der Waals surface area contributed by atoms with Crippen LogP contribution in [0.25, 0.3) is 0 Å². The maximum Gasteiger partial charge on any atom is 0.361 e. The van der Waals surface area contributed by atoms with Gasteiger partial charge < -0.3 is 9.97 Å². The Morgan fingerprint density at radius 2 is 1.40 bits per heavy atom. The summed E-state index contributed by atoms with van der Waals surface area (Å²) in [6.45, 7) is 6.93. The van der Waals surface area contributed by atoms with Gasteiger partial charge in [-0.3, -0.25) is 0 Å². The van der Waals surface area contributed by atoms with Crippen molar-refractivity contribution in [3.63, 3.8) is 0 Å². The maximum atomic E-state index is 6.70. The second-order valence-corrected chi connectivity index (χ2v) is 9.08. The van der Waals surface area contributed by atoms with Crippen LogP contribution < -0.4 is 16.2 Å². The second-order valence-electron chi connectivity index (χ2n) is 8.27. The van der Waals surface area contributed by atoms with Crippen LogP contribution in [0.1, 0.15) is 63.0 Å². The minimum Gasteiger partial charge on any atom is -0.423 e. The average Bonchev–Trinajstić information content (AvgIpc) is 2.73. The first-order valence-electron chi connectivity index (χ1n) is 11.3. The number of hydrogen-bond acceptors (Lipinski definition) is 2. The molecule has 0 aliphatic rings. The molecule has 0 aliphatic carbocycles. The van der Waals surface area contributed by atoms with Crippen LogP contribution in [0.15, 0.2) is 36.4 Å². The molecule has 1 atom stereocenters. The van der Waals surface area contributed by atoms with Gasteiger partial charge in [0.05, 0.1) is 6.10 Å². The second kappa shape index (κ2) is 13.4. The zero-order valence-electron chi connectivity index (χ0n) is 18.9. The molecular weight excluding hydrogens is 412 g/mol. The van der Waals surface area contributed by atoms with E-state index < -0.39 is 0 Å². The number of aryl methyl sites for hydroxylation is 2. The van der Waals surface area contributed by atoms with E-state index >= 15 is 0 Å². The van der Waals surface area contributed by atoms with Gasteiger partial charge in [0.1, 0.15) is 0 Å². The van der Waals surface area contributed by atoms with Gasteiger partial charge in [-0.1, -0.05) is 92.9 Å². The molecule has 30 heavy (non-hydrogen) atoms. The first-order chi connectivity index (χ1) is 14.5. The molecule has 1 unspecified atom stereocenters. The summed E-state index contributed by atoms with van der Waals surface area (Å²) < 4.78 is 6.70. The monoisotopic (exact) mass is 447 g/mol. The van der Waals surface area contributed by atoms with E-state index in [0.29, 0.717) is 0 Å². The lowest BCUT2D eigenvalue weighted by molar-refractivity contribution is 0.193. The quantitative estimate of drug-likeness (QED) is 0.297. The third-order valence-electron chi connectivity index (χ3n) is 5.64. The number of rotatable bonds is 13. The molecular formula is C25H36BCl2NO. The van der Waals surface area contributed by atoms with Crippen molar-refractivity contribution in [2.45, 2.75) is 71.8 Å². The Kier molecular flexibility index (Phi) is 11.3. The highest BCUT2D eigenvalue weighted by Gasteiger charge is 2.26. The highest BCUT2D eigenvalue weighted by molar-refractivity contribution is 6.80. The van der Waals surface area contributed by atoms with Crippen molar-refractivity contribution in [1.29, 1.82) is 0 Å². The molecule has 0 saturated carbocycles. The summed E-state index contributed by atoms with van der Waals surface area (Å²) in [6, 6.07) is 12.4. The molecule has 2 rings (SSSR count). The minimum atomic E-state index is -0.195. The normalized spacial score (nSPS) is 12.2. The topological polar surface area (TPSA) is 21.3 Å². The Bertz CT molecular complexity index is 732. The van der Waals surface area contributed by atoms with Gasteiger partial charge >= 0.3 is 6.92 Å². The van der Waals surface area contributed by atoms with Gasteiger partial charge in [-0.2, -0.15) is 0 Å². The lowest BCUT2D eigenvalue weighted by Crippen LogP contribution is -2.49. The molecule has 164 valence electrons. The lowest BCUT2D eigenvalue weighted by Gasteiger charge is -2.24. The van der Waals surface area contributed by atoms with Crippen LogP contribution in [0.5, 0.6) is 0 Å². The molecule has 0 fully saturated rings. The molecule has 2 aromatic carbocycles. The van der Waals surface area contributed by atoms with E-state index in [0.717, 1.165) is 45.1 Å². The van der Waals surface area contributed by atoms with Crippen LogP contribution in [0, 0.1) is 13.8 Å². The van der Waals surface area contributed by atoms with Crippen molar-refractivity contribution < 1.29 is 4.65 Å². The molecule has 0 amide bonds. The predicted octanol–water partition coefficient (Wildman–Crippen LogP) is 6.07. The van der Waals surface area contributed by atoms with Gasteiger partial charge in [0.15, 0.2) is 0 Å². The SMILES string of the molecule is CCCCCCCCC(CNC)OB(c1ccc(C)c(Cl)c1)c1ccc(C)c(Cl)c1. The number of benzene rings is 2. The molecule has 0 radical (unpaired) electrons. The molecule has 0 aliphatic heterocycles. The van der Waals surface area contributed by atoms with Crippen LogP contribution in [-0.4, -0.2) is 26.6 Å². The van der Waals surface area contributed by atoms with E-state index in [4.69, 9.17) is 27.9 Å². The Morgan fingerprint density at radius 3 is 1.90 bits per heavy atom. The van der Waals surface area contributed by atoms with E-state index in [9.17, 15) is 0 Å². The average molecular weight is 448 g/mol. The summed E-state index contributed by atoms with van der Waals surface area (Å²) in [5.74, 6) is 0. The van der Waals surface area contributed by atoms with Gasteiger partial charge in [-0.15, -0.1) is 0 Å². The molecule has 0 aromatic heterocycles. The predicted molar refractivity (Wildman–Crippen MR) is 134 cm³/mol. The fourth-order valence-electron chi connectivity index (χ4n) is 3.68. The maximum absolute atomic E-state index is 6.70. The summed E-state index contributed by atoms with van der Waals surface area (Å²) in [7, 11) is 1.98. The first-order valence-corrected chi connectivity index (χ1v) is 12.0. The molecule has 2 nitrogen and oxygen atoms in total. The first kappa shape index (κ1) is 25.3. The zero-order valence-corrected chi connectivity index (χ0v) is 20.5. The number of hydrogen-bond donors (Lipinski definition) is 1.